The van der Waals surface area contributed by atoms with E-state index < -0.39 is 0 Å². The van der Waals surface area contributed by atoms with Gasteiger partial charge in [0.2, 0.25) is 0 Å². The number of nitrogens with zero attached hydrogens (tertiary/aromatic N) is 1. The van der Waals surface area contributed by atoms with Crippen molar-refractivity contribution < 1.29 is 0 Å². The van der Waals surface area contributed by atoms with Crippen LogP contribution < -0.4 is 10.9 Å². The van der Waals surface area contributed by atoms with E-state index in [1.54, 1.807) is 0 Å². The standard InChI is InChI=1S/C18H41N3/c1-6-10-11-12-13-14-15-17-18(5,16-7-2)21(19-8-3)20-9-4/h19-20H,6-17H2,1-5H3. The molecule has 0 aromatic heterocycles. The summed E-state index contributed by atoms with van der Waals surface area (Å²) in [6.45, 7) is 13.3. The fourth-order valence-electron chi connectivity index (χ4n) is 3.10. The van der Waals surface area contributed by atoms with Crippen molar-refractivity contribution in [2.24, 2.45) is 0 Å². The van der Waals surface area contributed by atoms with E-state index in [1.807, 2.05) is 0 Å². The summed E-state index contributed by atoms with van der Waals surface area (Å²) in [5, 5.41) is 2.29. The van der Waals surface area contributed by atoms with Crippen LogP contribution in [-0.4, -0.2) is 23.7 Å². The van der Waals surface area contributed by atoms with E-state index >= 15 is 0 Å². The van der Waals surface area contributed by atoms with Crippen LogP contribution in [-0.2, 0) is 0 Å². The van der Waals surface area contributed by atoms with Crippen molar-refractivity contribution in [3.05, 3.63) is 0 Å². The predicted octanol–water partition coefficient (Wildman–Crippen LogP) is 5.04. The van der Waals surface area contributed by atoms with Gasteiger partial charge < -0.3 is 0 Å². The molecule has 0 aliphatic carbocycles. The summed E-state index contributed by atoms with van der Waals surface area (Å²) in [4.78, 5) is 0. The Morgan fingerprint density at radius 1 is 0.667 bits per heavy atom. The molecular weight excluding hydrogens is 258 g/mol. The summed E-state index contributed by atoms with van der Waals surface area (Å²) in [6.07, 6.45) is 13.5. The number of rotatable bonds is 15. The number of nitrogens with one attached hydrogen (secondary N) is 2. The van der Waals surface area contributed by atoms with Gasteiger partial charge >= 0.3 is 0 Å². The lowest BCUT2D eigenvalue weighted by Gasteiger charge is -2.41. The molecule has 3 heteroatoms. The van der Waals surface area contributed by atoms with E-state index in [4.69, 9.17) is 0 Å². The minimum absolute atomic E-state index is 0.226. The Labute approximate surface area is 134 Å². The van der Waals surface area contributed by atoms with Gasteiger partial charge in [-0.05, 0) is 19.8 Å². The molecule has 0 amide bonds. The molecule has 0 radical (unpaired) electrons. The maximum atomic E-state index is 3.50. The molecule has 21 heavy (non-hydrogen) atoms. The summed E-state index contributed by atoms with van der Waals surface area (Å²) in [6, 6.07) is 0. The molecule has 0 aromatic rings. The summed E-state index contributed by atoms with van der Waals surface area (Å²) in [5.74, 6) is 0. The summed E-state index contributed by atoms with van der Waals surface area (Å²) in [7, 11) is 0. The second-order valence-electron chi connectivity index (χ2n) is 6.48. The van der Waals surface area contributed by atoms with Crippen molar-refractivity contribution in [3.63, 3.8) is 0 Å². The molecule has 0 saturated carbocycles. The molecule has 3 nitrogen and oxygen atoms in total. The van der Waals surface area contributed by atoms with Gasteiger partial charge in [0.25, 0.3) is 0 Å². The first-order valence-electron chi connectivity index (χ1n) is 9.41. The summed E-state index contributed by atoms with van der Waals surface area (Å²) >= 11 is 0. The highest BCUT2D eigenvalue weighted by Crippen LogP contribution is 2.25. The fourth-order valence-corrected chi connectivity index (χ4v) is 3.10. The van der Waals surface area contributed by atoms with Crippen LogP contribution in [0, 0.1) is 0 Å². The van der Waals surface area contributed by atoms with Gasteiger partial charge in [0.05, 0.1) is 0 Å². The summed E-state index contributed by atoms with van der Waals surface area (Å²) in [5.41, 5.74) is 7.23. The average molecular weight is 300 g/mol. The highest BCUT2D eigenvalue weighted by Gasteiger charge is 2.30. The van der Waals surface area contributed by atoms with Crippen LogP contribution in [0.1, 0.15) is 98.8 Å². The third-order valence-corrected chi connectivity index (χ3v) is 4.28. The van der Waals surface area contributed by atoms with Crippen molar-refractivity contribution in [1.29, 1.82) is 0 Å². The average Bonchev–Trinajstić information content (AvgIpc) is 2.46. The minimum atomic E-state index is 0.226. The van der Waals surface area contributed by atoms with E-state index in [0.29, 0.717) is 0 Å². The lowest BCUT2D eigenvalue weighted by molar-refractivity contribution is -0.0175. The molecule has 0 saturated heterocycles. The third-order valence-electron chi connectivity index (χ3n) is 4.28. The molecule has 0 spiro atoms. The molecule has 0 fully saturated rings. The first kappa shape index (κ1) is 20.9. The van der Waals surface area contributed by atoms with Crippen molar-refractivity contribution in [2.45, 2.75) is 104 Å². The van der Waals surface area contributed by atoms with Gasteiger partial charge in [-0.25, -0.2) is 10.9 Å². The molecule has 0 bridgehead atoms. The number of hydrogen-bond donors (Lipinski definition) is 2. The zero-order valence-corrected chi connectivity index (χ0v) is 15.4. The molecule has 0 heterocycles. The molecular formula is C18H41N3. The van der Waals surface area contributed by atoms with Crippen molar-refractivity contribution in [1.82, 2.24) is 16.0 Å². The maximum Gasteiger partial charge on any atom is 0.0481 e. The molecule has 0 aromatic carbocycles. The van der Waals surface area contributed by atoms with Gasteiger partial charge in [0, 0.05) is 18.6 Å². The van der Waals surface area contributed by atoms with Gasteiger partial charge in [-0.1, -0.05) is 79.1 Å². The Kier molecular flexibility index (Phi) is 13.5. The minimum Gasteiger partial charge on any atom is -0.241 e. The monoisotopic (exact) mass is 299 g/mol. The third kappa shape index (κ3) is 9.49. The van der Waals surface area contributed by atoms with E-state index in [9.17, 15) is 0 Å². The van der Waals surface area contributed by atoms with Crippen molar-refractivity contribution in [2.75, 3.05) is 13.1 Å². The maximum absolute atomic E-state index is 3.50. The van der Waals surface area contributed by atoms with Crippen LogP contribution in [0.25, 0.3) is 0 Å². The van der Waals surface area contributed by atoms with Gasteiger partial charge in [-0.15, -0.1) is 0 Å². The Morgan fingerprint density at radius 3 is 1.67 bits per heavy atom. The molecule has 1 atom stereocenters. The predicted molar refractivity (Wildman–Crippen MR) is 95.1 cm³/mol. The van der Waals surface area contributed by atoms with Crippen LogP contribution >= 0.6 is 0 Å². The molecule has 0 rings (SSSR count). The Balaban J connectivity index is 4.17. The smallest absolute Gasteiger partial charge is 0.0481 e. The molecule has 0 aliphatic heterocycles. The van der Waals surface area contributed by atoms with E-state index in [-0.39, 0.29) is 5.54 Å². The molecule has 128 valence electrons. The Morgan fingerprint density at radius 2 is 1.19 bits per heavy atom. The van der Waals surface area contributed by atoms with Crippen LogP contribution in [0.4, 0.5) is 0 Å². The second-order valence-corrected chi connectivity index (χ2v) is 6.48. The molecule has 0 aliphatic rings. The fraction of sp³-hybridized carbons (Fsp3) is 1.00. The van der Waals surface area contributed by atoms with Crippen LogP contribution in [0.15, 0.2) is 0 Å². The SMILES string of the molecule is CCCCCCCCCC(C)(CCC)N(NCC)NCC. The van der Waals surface area contributed by atoms with E-state index in [1.165, 1.54) is 64.2 Å². The van der Waals surface area contributed by atoms with Crippen LogP contribution in [0.3, 0.4) is 0 Å². The number of hydrazine groups is 2. The Bertz CT molecular complexity index is 215. The van der Waals surface area contributed by atoms with Crippen molar-refractivity contribution in [3.8, 4) is 0 Å². The zero-order valence-electron chi connectivity index (χ0n) is 15.4. The van der Waals surface area contributed by atoms with Gasteiger partial charge in [-0.2, -0.15) is 5.12 Å². The van der Waals surface area contributed by atoms with Gasteiger partial charge in [0.1, 0.15) is 0 Å². The van der Waals surface area contributed by atoms with Crippen molar-refractivity contribution >= 4 is 0 Å². The normalized spacial score (nSPS) is 14.6. The molecule has 2 N–H and O–H groups in total. The first-order valence-corrected chi connectivity index (χ1v) is 9.41. The second kappa shape index (κ2) is 13.5. The lowest BCUT2D eigenvalue weighted by Crippen LogP contribution is -2.60. The van der Waals surface area contributed by atoms with Crippen LogP contribution in [0.2, 0.25) is 0 Å². The topological polar surface area (TPSA) is 27.3 Å². The largest absolute Gasteiger partial charge is 0.241 e. The van der Waals surface area contributed by atoms with Gasteiger partial charge in [-0.3, -0.25) is 0 Å². The highest BCUT2D eigenvalue weighted by atomic mass is 15.7. The number of hydrogen-bond acceptors (Lipinski definition) is 3. The Hall–Kier alpha value is -0.120. The summed E-state index contributed by atoms with van der Waals surface area (Å²) < 4.78 is 0. The first-order chi connectivity index (χ1) is 10.1. The highest BCUT2D eigenvalue weighted by molar-refractivity contribution is 4.82. The molecule has 1 unspecified atom stereocenters. The lowest BCUT2D eigenvalue weighted by atomic mass is 9.89. The van der Waals surface area contributed by atoms with Gasteiger partial charge in [0.15, 0.2) is 0 Å². The van der Waals surface area contributed by atoms with E-state index in [0.717, 1.165) is 13.1 Å². The zero-order chi connectivity index (χ0) is 16.0. The number of unbranched alkanes of at least 4 members (excludes halogenated alkanes) is 6. The quantitative estimate of drug-likeness (QED) is 0.328. The van der Waals surface area contributed by atoms with Crippen LogP contribution in [0.5, 0.6) is 0 Å². The van der Waals surface area contributed by atoms with E-state index in [2.05, 4.69) is 50.6 Å².